The van der Waals surface area contributed by atoms with Gasteiger partial charge in [0.05, 0.1) is 11.7 Å². The van der Waals surface area contributed by atoms with Gasteiger partial charge in [0.25, 0.3) is 0 Å². The number of carbonyl (C=O) groups excluding carboxylic acids is 3. The number of unbranched alkanes of at least 4 members (excludes halogenated alkanes) is 1. The van der Waals surface area contributed by atoms with Crippen molar-refractivity contribution < 1.29 is 52.0 Å². The molecule has 4 atom stereocenters. The zero-order valence-electron chi connectivity index (χ0n) is 31.3. The number of rotatable bonds is 21. The first-order valence-electron chi connectivity index (χ1n) is 18.4. The molecule has 17 heteroatoms. The maximum Gasteiger partial charge on any atom is 0.407 e. The summed E-state index contributed by atoms with van der Waals surface area (Å²) in [6, 6.07) is 20.9. The highest BCUT2D eigenvalue weighted by Crippen LogP contribution is 2.55. The third-order valence-corrected chi connectivity index (χ3v) is 12.8. The number of phenolic OH excluding ortho intramolecular Hbond substituents is 1. The van der Waals surface area contributed by atoms with Crippen molar-refractivity contribution in [1.82, 2.24) is 20.7 Å². The van der Waals surface area contributed by atoms with Gasteiger partial charge in [-0.2, -0.15) is 0 Å². The molecule has 15 nitrogen and oxygen atoms in total. The van der Waals surface area contributed by atoms with E-state index in [1.807, 2.05) is 30.3 Å². The molecule has 1 fully saturated rings. The van der Waals surface area contributed by atoms with E-state index in [-0.39, 0.29) is 57.4 Å². The van der Waals surface area contributed by atoms with E-state index in [4.69, 9.17) is 4.74 Å². The van der Waals surface area contributed by atoms with E-state index in [1.165, 1.54) is 24.3 Å². The lowest BCUT2D eigenvalue weighted by atomic mass is 9.87. The van der Waals surface area contributed by atoms with Gasteiger partial charge in [-0.25, -0.2) is 22.7 Å². The number of hydrogen-bond donors (Lipinski definition) is 7. The Balaban J connectivity index is 1.46. The van der Waals surface area contributed by atoms with Crippen LogP contribution in [0.5, 0.6) is 5.75 Å². The summed E-state index contributed by atoms with van der Waals surface area (Å²) >= 11 is 0. The van der Waals surface area contributed by atoms with Crippen LogP contribution in [0.3, 0.4) is 0 Å². The topological polar surface area (TPSA) is 238 Å². The molecule has 304 valence electrons. The van der Waals surface area contributed by atoms with E-state index in [0.717, 1.165) is 11.8 Å². The number of hydrogen-bond acceptors (Lipinski definition) is 9. The fraction of sp³-hybridized carbons (Fsp3) is 0.436. The van der Waals surface area contributed by atoms with Gasteiger partial charge in [-0.05, 0) is 60.9 Å². The number of carbonyl (C=O) groups is 4. The SMILES string of the molecule is CS(=O)(=O)N[C@H](CCCCNC(=O)OCc1ccccc1)C(=O)NC(Cc1ccccc1)P(=O)(O)CC1(C(=O)N[C@@H](Cc2ccc(O)cc2)C(=O)O)CCCC1. The van der Waals surface area contributed by atoms with Gasteiger partial charge in [0.15, 0.2) is 0 Å². The molecule has 0 spiro atoms. The fourth-order valence-electron chi connectivity index (χ4n) is 6.77. The normalized spacial score (nSPS) is 16.4. The van der Waals surface area contributed by atoms with Gasteiger partial charge in [-0.3, -0.25) is 14.2 Å². The number of aromatic hydroxyl groups is 1. The highest BCUT2D eigenvalue weighted by Gasteiger charge is 2.49. The number of ether oxygens (including phenoxy) is 1. The summed E-state index contributed by atoms with van der Waals surface area (Å²) in [6.45, 7) is 0.271. The number of benzene rings is 3. The monoisotopic (exact) mass is 814 g/mol. The Morgan fingerprint density at radius 2 is 1.41 bits per heavy atom. The summed E-state index contributed by atoms with van der Waals surface area (Å²) in [5.74, 6) is -4.26. The van der Waals surface area contributed by atoms with Gasteiger partial charge in [0.2, 0.25) is 29.2 Å². The number of aliphatic carboxylic acids is 1. The average Bonchev–Trinajstić information content (AvgIpc) is 3.63. The molecule has 1 saturated carbocycles. The quantitative estimate of drug-likeness (QED) is 0.0599. The minimum Gasteiger partial charge on any atom is -0.508 e. The molecule has 3 aromatic carbocycles. The Labute approximate surface area is 327 Å². The first kappa shape index (κ1) is 44.0. The number of amides is 3. The summed E-state index contributed by atoms with van der Waals surface area (Å²) in [7, 11) is -8.42. The van der Waals surface area contributed by atoms with Crippen molar-refractivity contribution in [2.75, 3.05) is 19.0 Å². The van der Waals surface area contributed by atoms with Crippen LogP contribution in [0, 0.1) is 5.41 Å². The lowest BCUT2D eigenvalue weighted by Gasteiger charge is -2.34. The molecular formula is C39H51N4O11PS. The molecule has 0 aliphatic heterocycles. The van der Waals surface area contributed by atoms with Crippen LogP contribution >= 0.6 is 7.37 Å². The van der Waals surface area contributed by atoms with E-state index in [0.29, 0.717) is 30.4 Å². The Kier molecular flexibility index (Phi) is 16.0. The standard InChI is InChI=1S/C39H51N4O11PS/c1-56(52,53)43-32(16-8-11-23-40-38(49)54-26-30-14-6-3-7-15-30)35(45)42-34(25-28-12-4-2-5-13-28)55(50,51)27-39(21-9-10-22-39)37(48)41-33(36(46)47)24-29-17-19-31(44)20-18-29/h2-7,12-15,17-20,32-34,43-44H,8-11,16,21-27H2,1H3,(H,40,49)(H,41,48)(H,42,45)(H,46,47)(H,50,51)/t32-,33+,34?/m1/s1. The fourth-order valence-corrected chi connectivity index (χ4v) is 9.88. The predicted molar refractivity (Wildman–Crippen MR) is 209 cm³/mol. The smallest absolute Gasteiger partial charge is 0.407 e. The Hall–Kier alpha value is -4.76. The summed E-state index contributed by atoms with van der Waals surface area (Å²) in [5, 5.41) is 27.4. The number of alkyl carbamates (subject to hydrolysis) is 1. The molecule has 0 bridgehead atoms. The van der Waals surface area contributed by atoms with Crippen LogP contribution in [0.15, 0.2) is 84.9 Å². The van der Waals surface area contributed by atoms with Crippen molar-refractivity contribution in [3.05, 3.63) is 102 Å². The van der Waals surface area contributed by atoms with E-state index < -0.39 is 70.7 Å². The Morgan fingerprint density at radius 3 is 2.00 bits per heavy atom. The molecule has 0 radical (unpaired) electrons. The first-order valence-corrected chi connectivity index (χ1v) is 22.3. The predicted octanol–water partition coefficient (Wildman–Crippen LogP) is 4.03. The molecule has 3 aromatic rings. The highest BCUT2D eigenvalue weighted by molar-refractivity contribution is 7.88. The minimum atomic E-state index is -4.50. The molecule has 0 aromatic heterocycles. The largest absolute Gasteiger partial charge is 0.508 e. The van der Waals surface area contributed by atoms with Crippen molar-refractivity contribution in [2.45, 2.75) is 82.3 Å². The van der Waals surface area contributed by atoms with Crippen molar-refractivity contribution in [2.24, 2.45) is 5.41 Å². The molecule has 1 aliphatic carbocycles. The van der Waals surface area contributed by atoms with Crippen LogP contribution in [0.2, 0.25) is 0 Å². The van der Waals surface area contributed by atoms with Crippen molar-refractivity contribution in [3.63, 3.8) is 0 Å². The van der Waals surface area contributed by atoms with Gasteiger partial charge in [0.1, 0.15) is 30.2 Å². The van der Waals surface area contributed by atoms with E-state index >= 15 is 0 Å². The van der Waals surface area contributed by atoms with Crippen LogP contribution in [0.25, 0.3) is 0 Å². The second-order valence-electron chi connectivity index (χ2n) is 14.3. The van der Waals surface area contributed by atoms with Crippen LogP contribution in [-0.2, 0) is 53.2 Å². The maximum absolute atomic E-state index is 14.5. The Bertz CT molecular complexity index is 1930. The lowest BCUT2D eigenvalue weighted by molar-refractivity contribution is -0.143. The molecule has 7 N–H and O–H groups in total. The summed E-state index contributed by atoms with van der Waals surface area (Å²) in [5.41, 5.74) is 0.558. The molecule has 2 unspecified atom stereocenters. The third kappa shape index (κ3) is 14.1. The highest BCUT2D eigenvalue weighted by atomic mass is 32.2. The molecule has 4 rings (SSSR count). The van der Waals surface area contributed by atoms with Gasteiger partial charge >= 0.3 is 12.1 Å². The van der Waals surface area contributed by atoms with E-state index in [2.05, 4.69) is 20.7 Å². The molecule has 56 heavy (non-hydrogen) atoms. The number of carboxylic acid groups (broad SMARTS) is 1. The van der Waals surface area contributed by atoms with Crippen molar-refractivity contribution in [3.8, 4) is 5.75 Å². The van der Waals surface area contributed by atoms with E-state index in [9.17, 15) is 47.3 Å². The number of nitrogens with one attached hydrogen (secondary N) is 4. The van der Waals surface area contributed by atoms with Crippen LogP contribution in [0.1, 0.15) is 61.6 Å². The van der Waals surface area contributed by atoms with Gasteiger partial charge in [-0.15, -0.1) is 0 Å². The second kappa shape index (κ2) is 20.4. The minimum absolute atomic E-state index is 0.00259. The van der Waals surface area contributed by atoms with Gasteiger partial charge < -0.3 is 35.8 Å². The number of carboxylic acids is 1. The van der Waals surface area contributed by atoms with Crippen LogP contribution < -0.4 is 20.7 Å². The number of phenols is 1. The number of sulfonamides is 1. The first-order chi connectivity index (χ1) is 26.5. The molecule has 0 heterocycles. The zero-order valence-corrected chi connectivity index (χ0v) is 33.0. The lowest BCUT2D eigenvalue weighted by Crippen LogP contribution is -2.52. The summed E-state index contributed by atoms with van der Waals surface area (Å²) in [6.07, 6.45) is 1.69. The van der Waals surface area contributed by atoms with E-state index in [1.54, 1.807) is 30.3 Å². The molecular weight excluding hydrogens is 763 g/mol. The molecule has 1 aliphatic rings. The van der Waals surface area contributed by atoms with Gasteiger partial charge in [0, 0.05) is 25.5 Å². The maximum atomic E-state index is 14.5. The Morgan fingerprint density at radius 1 is 0.821 bits per heavy atom. The summed E-state index contributed by atoms with van der Waals surface area (Å²) in [4.78, 5) is 63.9. The molecule has 3 amide bonds. The molecule has 0 saturated heterocycles. The second-order valence-corrected chi connectivity index (χ2v) is 18.5. The third-order valence-electron chi connectivity index (χ3n) is 9.69. The van der Waals surface area contributed by atoms with Crippen LogP contribution in [-0.4, -0.2) is 84.2 Å². The summed E-state index contributed by atoms with van der Waals surface area (Å²) < 4.78 is 46.7. The van der Waals surface area contributed by atoms with Gasteiger partial charge in [-0.1, -0.05) is 85.6 Å². The average molecular weight is 815 g/mol. The van der Waals surface area contributed by atoms with Crippen LogP contribution in [0.4, 0.5) is 4.79 Å². The van der Waals surface area contributed by atoms with Crippen molar-refractivity contribution >= 4 is 41.3 Å². The zero-order chi connectivity index (χ0) is 40.8. The van der Waals surface area contributed by atoms with Crippen molar-refractivity contribution in [1.29, 1.82) is 0 Å².